The summed E-state index contributed by atoms with van der Waals surface area (Å²) in [5.74, 6) is 1.82. The minimum atomic E-state index is -0.0702. The zero-order chi connectivity index (χ0) is 16.9. The van der Waals surface area contributed by atoms with E-state index in [0.717, 1.165) is 36.7 Å². The Hall–Kier alpha value is -2.34. The van der Waals surface area contributed by atoms with Gasteiger partial charge in [0, 0.05) is 24.6 Å². The molecule has 1 amide bonds. The number of nitrogens with one attached hydrogen (secondary N) is 1. The molecular formula is C18H22N2O4. The van der Waals surface area contributed by atoms with Crippen LogP contribution in [0.25, 0.3) is 0 Å². The lowest BCUT2D eigenvalue weighted by Gasteiger charge is -2.10. The van der Waals surface area contributed by atoms with Gasteiger partial charge in [0.2, 0.25) is 0 Å². The molecule has 2 aromatic rings. The standard InChI is InChI=1S/C18H22N2O4/c1-12-17(13(2)24-20-12)11-23-16-5-3-15(4-6-16)18(21)19-9-14-7-8-22-10-14/h3-6,14H,7-11H2,1-2H3,(H,19,21)/t14-/m1/s1. The third-order valence-electron chi connectivity index (χ3n) is 4.26. The highest BCUT2D eigenvalue weighted by Crippen LogP contribution is 2.18. The number of amides is 1. The molecule has 0 aliphatic carbocycles. The van der Waals surface area contributed by atoms with E-state index in [1.54, 1.807) is 24.3 Å². The van der Waals surface area contributed by atoms with E-state index in [-0.39, 0.29) is 5.91 Å². The predicted octanol–water partition coefficient (Wildman–Crippen LogP) is 2.64. The summed E-state index contributed by atoms with van der Waals surface area (Å²) in [5.41, 5.74) is 2.41. The number of hydrogen-bond donors (Lipinski definition) is 1. The fraction of sp³-hybridized carbons (Fsp3) is 0.444. The topological polar surface area (TPSA) is 73.6 Å². The van der Waals surface area contributed by atoms with Gasteiger partial charge < -0.3 is 19.3 Å². The van der Waals surface area contributed by atoms with Crippen LogP contribution in [0.15, 0.2) is 28.8 Å². The molecule has 0 saturated carbocycles. The summed E-state index contributed by atoms with van der Waals surface area (Å²) in [6.07, 6.45) is 1.01. The molecule has 1 aromatic heterocycles. The number of aromatic nitrogens is 1. The molecule has 0 radical (unpaired) electrons. The molecule has 2 heterocycles. The van der Waals surface area contributed by atoms with E-state index in [1.807, 2.05) is 13.8 Å². The Bertz CT molecular complexity index is 668. The normalized spacial score (nSPS) is 17.0. The van der Waals surface area contributed by atoms with Gasteiger partial charge >= 0.3 is 0 Å². The van der Waals surface area contributed by atoms with Crippen LogP contribution in [0, 0.1) is 19.8 Å². The van der Waals surface area contributed by atoms with Crippen molar-refractivity contribution in [2.75, 3.05) is 19.8 Å². The van der Waals surface area contributed by atoms with Crippen molar-refractivity contribution < 1.29 is 18.8 Å². The Kier molecular flexibility index (Phi) is 5.15. The number of rotatable bonds is 6. The highest BCUT2D eigenvalue weighted by atomic mass is 16.5. The summed E-state index contributed by atoms with van der Waals surface area (Å²) in [6.45, 7) is 6.32. The van der Waals surface area contributed by atoms with Crippen LogP contribution in [0.5, 0.6) is 5.75 Å². The van der Waals surface area contributed by atoms with Crippen LogP contribution >= 0.6 is 0 Å². The highest BCUT2D eigenvalue weighted by molar-refractivity contribution is 5.94. The third-order valence-corrected chi connectivity index (χ3v) is 4.26. The van der Waals surface area contributed by atoms with Crippen LogP contribution in [0.2, 0.25) is 0 Å². The lowest BCUT2D eigenvalue weighted by atomic mass is 10.1. The number of carbonyl (C=O) groups is 1. The van der Waals surface area contributed by atoms with Gasteiger partial charge in [-0.2, -0.15) is 0 Å². The molecular weight excluding hydrogens is 308 g/mol. The van der Waals surface area contributed by atoms with Gasteiger partial charge in [0.1, 0.15) is 18.1 Å². The number of hydrogen-bond acceptors (Lipinski definition) is 5. The highest BCUT2D eigenvalue weighted by Gasteiger charge is 2.16. The fourth-order valence-corrected chi connectivity index (χ4v) is 2.65. The van der Waals surface area contributed by atoms with Gasteiger partial charge in [0.05, 0.1) is 17.9 Å². The van der Waals surface area contributed by atoms with E-state index < -0.39 is 0 Å². The summed E-state index contributed by atoms with van der Waals surface area (Å²) in [4.78, 5) is 12.1. The second-order valence-electron chi connectivity index (χ2n) is 6.06. The molecule has 6 heteroatoms. The molecule has 1 aromatic carbocycles. The molecule has 1 fully saturated rings. The van der Waals surface area contributed by atoms with Crippen LogP contribution in [0.3, 0.4) is 0 Å². The van der Waals surface area contributed by atoms with Crippen LogP contribution in [0.4, 0.5) is 0 Å². The van der Waals surface area contributed by atoms with Crippen molar-refractivity contribution in [2.24, 2.45) is 5.92 Å². The zero-order valence-electron chi connectivity index (χ0n) is 14.0. The number of aryl methyl sites for hydroxylation is 2. The van der Waals surface area contributed by atoms with Crippen molar-refractivity contribution in [3.63, 3.8) is 0 Å². The monoisotopic (exact) mass is 330 g/mol. The van der Waals surface area contributed by atoms with Gasteiger partial charge in [0.15, 0.2) is 0 Å². The SMILES string of the molecule is Cc1noc(C)c1COc1ccc(C(=O)NC[C@H]2CCOC2)cc1. The van der Waals surface area contributed by atoms with Gasteiger partial charge in [-0.15, -0.1) is 0 Å². The fourth-order valence-electron chi connectivity index (χ4n) is 2.65. The molecule has 1 aliphatic rings. The number of nitrogens with zero attached hydrogens (tertiary/aromatic N) is 1. The summed E-state index contributed by atoms with van der Waals surface area (Å²) < 4.78 is 16.2. The Morgan fingerprint density at radius 1 is 1.33 bits per heavy atom. The Balaban J connectivity index is 1.52. The maximum Gasteiger partial charge on any atom is 0.251 e. The van der Waals surface area contributed by atoms with E-state index in [4.69, 9.17) is 14.0 Å². The molecule has 24 heavy (non-hydrogen) atoms. The molecule has 0 bridgehead atoms. The molecule has 6 nitrogen and oxygen atoms in total. The first-order valence-electron chi connectivity index (χ1n) is 8.14. The molecule has 0 spiro atoms. The van der Waals surface area contributed by atoms with Crippen molar-refractivity contribution in [3.8, 4) is 5.75 Å². The molecule has 1 aliphatic heterocycles. The lowest BCUT2D eigenvalue weighted by Crippen LogP contribution is -2.29. The summed E-state index contributed by atoms with van der Waals surface area (Å²) in [5, 5.41) is 6.85. The second-order valence-corrected chi connectivity index (χ2v) is 6.06. The predicted molar refractivity (Wildman–Crippen MR) is 88.0 cm³/mol. The summed E-state index contributed by atoms with van der Waals surface area (Å²) in [7, 11) is 0. The van der Waals surface area contributed by atoms with Gasteiger partial charge in [0.25, 0.3) is 5.91 Å². The number of ether oxygens (including phenoxy) is 2. The Morgan fingerprint density at radius 3 is 2.75 bits per heavy atom. The maximum absolute atomic E-state index is 12.1. The van der Waals surface area contributed by atoms with Gasteiger partial charge in [-0.05, 0) is 44.5 Å². The van der Waals surface area contributed by atoms with Crippen molar-refractivity contribution in [3.05, 3.63) is 46.8 Å². The molecule has 128 valence electrons. The molecule has 1 atom stereocenters. The third kappa shape index (κ3) is 3.94. The van der Waals surface area contributed by atoms with E-state index >= 15 is 0 Å². The average Bonchev–Trinajstić information content (AvgIpc) is 3.22. The van der Waals surface area contributed by atoms with Gasteiger partial charge in [-0.3, -0.25) is 4.79 Å². The Morgan fingerprint density at radius 2 is 2.12 bits per heavy atom. The van der Waals surface area contributed by atoms with Gasteiger partial charge in [-0.25, -0.2) is 0 Å². The van der Waals surface area contributed by atoms with Crippen LogP contribution in [-0.2, 0) is 11.3 Å². The smallest absolute Gasteiger partial charge is 0.251 e. The number of carbonyl (C=O) groups excluding carboxylic acids is 1. The maximum atomic E-state index is 12.1. The number of benzene rings is 1. The van der Waals surface area contributed by atoms with Crippen LogP contribution in [-0.4, -0.2) is 30.8 Å². The second kappa shape index (κ2) is 7.49. The van der Waals surface area contributed by atoms with E-state index in [0.29, 0.717) is 30.4 Å². The first kappa shape index (κ1) is 16.5. The molecule has 1 saturated heterocycles. The van der Waals surface area contributed by atoms with E-state index in [1.165, 1.54) is 0 Å². The summed E-state index contributed by atoms with van der Waals surface area (Å²) in [6, 6.07) is 7.13. The average molecular weight is 330 g/mol. The van der Waals surface area contributed by atoms with Crippen molar-refractivity contribution in [1.82, 2.24) is 10.5 Å². The first-order valence-corrected chi connectivity index (χ1v) is 8.14. The van der Waals surface area contributed by atoms with Crippen LogP contribution in [0.1, 0.15) is 33.8 Å². The largest absolute Gasteiger partial charge is 0.489 e. The minimum absolute atomic E-state index is 0.0702. The molecule has 0 unspecified atom stereocenters. The molecule has 1 N–H and O–H groups in total. The quantitative estimate of drug-likeness (QED) is 0.881. The first-order chi connectivity index (χ1) is 11.6. The van der Waals surface area contributed by atoms with Gasteiger partial charge in [-0.1, -0.05) is 5.16 Å². The van der Waals surface area contributed by atoms with Crippen molar-refractivity contribution >= 4 is 5.91 Å². The zero-order valence-corrected chi connectivity index (χ0v) is 14.0. The minimum Gasteiger partial charge on any atom is -0.489 e. The van der Waals surface area contributed by atoms with E-state index in [9.17, 15) is 4.79 Å². The summed E-state index contributed by atoms with van der Waals surface area (Å²) >= 11 is 0. The lowest BCUT2D eigenvalue weighted by molar-refractivity contribution is 0.0945. The van der Waals surface area contributed by atoms with Crippen molar-refractivity contribution in [1.29, 1.82) is 0 Å². The van der Waals surface area contributed by atoms with Crippen LogP contribution < -0.4 is 10.1 Å². The van der Waals surface area contributed by atoms with Crippen molar-refractivity contribution in [2.45, 2.75) is 26.9 Å². The van der Waals surface area contributed by atoms with E-state index in [2.05, 4.69) is 10.5 Å². The molecule has 3 rings (SSSR count). The Labute approximate surface area is 141 Å².